The summed E-state index contributed by atoms with van der Waals surface area (Å²) in [5.74, 6) is 0.295. The molecule has 0 amide bonds. The van der Waals surface area contributed by atoms with Crippen LogP contribution in [0.1, 0.15) is 16.1 Å². The molecule has 5 nitrogen and oxygen atoms in total. The fourth-order valence-corrected chi connectivity index (χ4v) is 1.94. The second-order valence-corrected chi connectivity index (χ2v) is 4.66. The summed E-state index contributed by atoms with van der Waals surface area (Å²) in [6.07, 6.45) is 1.48. The number of nitrogens with zero attached hydrogens (tertiary/aromatic N) is 1. The Hall–Kier alpha value is -2.27. The molecule has 0 aliphatic heterocycles. The number of nitrogens with one attached hydrogen (secondary N) is 1. The summed E-state index contributed by atoms with van der Waals surface area (Å²) in [4.78, 5) is 15.5. The van der Waals surface area contributed by atoms with Gasteiger partial charge in [-0.2, -0.15) is 0 Å². The summed E-state index contributed by atoms with van der Waals surface area (Å²) in [7, 11) is 2.93. The van der Waals surface area contributed by atoms with Gasteiger partial charge in [0.05, 0.1) is 37.7 Å². The van der Waals surface area contributed by atoms with Gasteiger partial charge in [0.2, 0.25) is 0 Å². The van der Waals surface area contributed by atoms with Crippen LogP contribution in [0.5, 0.6) is 5.75 Å². The highest BCUT2D eigenvalue weighted by Gasteiger charge is 2.07. The van der Waals surface area contributed by atoms with E-state index in [4.69, 9.17) is 16.3 Å². The third-order valence-corrected chi connectivity index (χ3v) is 3.10. The second kappa shape index (κ2) is 6.95. The summed E-state index contributed by atoms with van der Waals surface area (Å²) >= 11 is 5.96. The number of rotatable bonds is 5. The Bertz CT molecular complexity index is 629. The third kappa shape index (κ3) is 3.86. The number of esters is 1. The highest BCUT2D eigenvalue weighted by Crippen LogP contribution is 2.27. The molecule has 110 valence electrons. The maximum atomic E-state index is 11.3. The van der Waals surface area contributed by atoms with E-state index < -0.39 is 5.97 Å². The predicted molar refractivity (Wildman–Crippen MR) is 80.9 cm³/mol. The minimum absolute atomic E-state index is 0.404. The number of carbonyl (C=O) groups is 1. The van der Waals surface area contributed by atoms with Crippen LogP contribution in [0.25, 0.3) is 0 Å². The van der Waals surface area contributed by atoms with Gasteiger partial charge in [0.25, 0.3) is 0 Å². The van der Waals surface area contributed by atoms with Gasteiger partial charge >= 0.3 is 5.97 Å². The first-order chi connectivity index (χ1) is 10.1. The molecule has 2 rings (SSSR count). The molecule has 0 atom stereocenters. The van der Waals surface area contributed by atoms with Crippen molar-refractivity contribution >= 4 is 23.3 Å². The number of hydrogen-bond acceptors (Lipinski definition) is 5. The lowest BCUT2D eigenvalue weighted by molar-refractivity contribution is 0.0600. The SMILES string of the molecule is COC(=O)c1ccc(CNc2cc(Cl)ccc2OC)nc1. The molecule has 0 aliphatic carbocycles. The third-order valence-electron chi connectivity index (χ3n) is 2.87. The van der Waals surface area contributed by atoms with Gasteiger partial charge in [-0.3, -0.25) is 4.98 Å². The van der Waals surface area contributed by atoms with Crippen LogP contribution in [0, 0.1) is 0 Å². The molecule has 1 heterocycles. The minimum Gasteiger partial charge on any atom is -0.495 e. The predicted octanol–water partition coefficient (Wildman–Crippen LogP) is 3.14. The van der Waals surface area contributed by atoms with Crippen LogP contribution in [-0.2, 0) is 11.3 Å². The molecule has 1 aromatic carbocycles. The molecule has 0 unspecified atom stereocenters. The zero-order valence-corrected chi connectivity index (χ0v) is 12.5. The first-order valence-electron chi connectivity index (χ1n) is 6.24. The normalized spacial score (nSPS) is 10.0. The number of halogens is 1. The van der Waals surface area contributed by atoms with Gasteiger partial charge < -0.3 is 14.8 Å². The van der Waals surface area contributed by atoms with Crippen LogP contribution in [0.2, 0.25) is 5.02 Å². The fraction of sp³-hybridized carbons (Fsp3) is 0.200. The Morgan fingerprint density at radius 1 is 1.29 bits per heavy atom. The van der Waals surface area contributed by atoms with Crippen molar-refractivity contribution < 1.29 is 14.3 Å². The average Bonchev–Trinajstić information content (AvgIpc) is 2.52. The largest absolute Gasteiger partial charge is 0.495 e. The highest BCUT2D eigenvalue weighted by molar-refractivity contribution is 6.30. The summed E-state index contributed by atoms with van der Waals surface area (Å²) in [6, 6.07) is 8.76. The van der Waals surface area contributed by atoms with Gasteiger partial charge in [-0.1, -0.05) is 11.6 Å². The molecule has 1 N–H and O–H groups in total. The first-order valence-corrected chi connectivity index (χ1v) is 6.62. The Kier molecular flexibility index (Phi) is 5.00. The lowest BCUT2D eigenvalue weighted by Gasteiger charge is -2.11. The van der Waals surface area contributed by atoms with E-state index in [1.807, 2.05) is 0 Å². The van der Waals surface area contributed by atoms with Crippen molar-refractivity contribution in [3.05, 3.63) is 52.8 Å². The van der Waals surface area contributed by atoms with Gasteiger partial charge in [0.1, 0.15) is 5.75 Å². The fourth-order valence-electron chi connectivity index (χ4n) is 1.77. The van der Waals surface area contributed by atoms with Crippen molar-refractivity contribution in [3.63, 3.8) is 0 Å². The van der Waals surface area contributed by atoms with E-state index in [1.165, 1.54) is 13.3 Å². The smallest absolute Gasteiger partial charge is 0.339 e. The zero-order chi connectivity index (χ0) is 15.2. The van der Waals surface area contributed by atoms with Crippen molar-refractivity contribution in [2.75, 3.05) is 19.5 Å². The summed E-state index contributed by atoms with van der Waals surface area (Å²) in [5.41, 5.74) is 1.98. The lowest BCUT2D eigenvalue weighted by Crippen LogP contribution is -2.06. The van der Waals surface area contributed by atoms with E-state index in [0.29, 0.717) is 22.9 Å². The van der Waals surface area contributed by atoms with Crippen LogP contribution in [0.15, 0.2) is 36.5 Å². The minimum atomic E-state index is -0.404. The van der Waals surface area contributed by atoms with Crippen molar-refractivity contribution in [1.82, 2.24) is 4.98 Å². The number of ether oxygens (including phenoxy) is 2. The van der Waals surface area contributed by atoms with Crippen LogP contribution < -0.4 is 10.1 Å². The van der Waals surface area contributed by atoms with E-state index in [-0.39, 0.29) is 0 Å². The number of aromatic nitrogens is 1. The summed E-state index contributed by atoms with van der Waals surface area (Å²) in [6.45, 7) is 0.484. The van der Waals surface area contributed by atoms with Gasteiger partial charge in [0, 0.05) is 11.2 Å². The molecule has 0 bridgehead atoms. The molecule has 1 aromatic heterocycles. The number of anilines is 1. The summed E-state index contributed by atoms with van der Waals surface area (Å²) < 4.78 is 9.87. The molecular formula is C15H15ClN2O3. The van der Waals surface area contributed by atoms with Crippen LogP contribution in [0.3, 0.4) is 0 Å². The molecular weight excluding hydrogens is 292 g/mol. The lowest BCUT2D eigenvalue weighted by atomic mass is 10.2. The topological polar surface area (TPSA) is 60.5 Å². The van der Waals surface area contributed by atoms with E-state index in [1.54, 1.807) is 37.4 Å². The van der Waals surface area contributed by atoms with E-state index in [9.17, 15) is 4.79 Å². The molecule has 6 heteroatoms. The maximum Gasteiger partial charge on any atom is 0.339 e. The Labute approximate surface area is 127 Å². The second-order valence-electron chi connectivity index (χ2n) is 4.23. The maximum absolute atomic E-state index is 11.3. The van der Waals surface area contributed by atoms with Crippen molar-refractivity contribution in [1.29, 1.82) is 0 Å². The van der Waals surface area contributed by atoms with Crippen molar-refractivity contribution in [2.24, 2.45) is 0 Å². The van der Waals surface area contributed by atoms with E-state index in [2.05, 4.69) is 15.0 Å². The molecule has 2 aromatic rings. The van der Waals surface area contributed by atoms with Gasteiger partial charge in [0.15, 0.2) is 0 Å². The molecule has 0 saturated heterocycles. The molecule has 0 radical (unpaired) electrons. The number of pyridine rings is 1. The Morgan fingerprint density at radius 2 is 2.10 bits per heavy atom. The van der Waals surface area contributed by atoms with Crippen LogP contribution >= 0.6 is 11.6 Å². The van der Waals surface area contributed by atoms with Gasteiger partial charge in [-0.15, -0.1) is 0 Å². The molecule has 0 aliphatic rings. The molecule has 0 spiro atoms. The molecule has 0 fully saturated rings. The average molecular weight is 307 g/mol. The van der Waals surface area contributed by atoms with Crippen LogP contribution in [-0.4, -0.2) is 25.2 Å². The number of methoxy groups -OCH3 is 2. The van der Waals surface area contributed by atoms with Crippen LogP contribution in [0.4, 0.5) is 5.69 Å². The van der Waals surface area contributed by atoms with Gasteiger partial charge in [-0.05, 0) is 30.3 Å². The molecule has 21 heavy (non-hydrogen) atoms. The summed E-state index contributed by atoms with van der Waals surface area (Å²) in [5, 5.41) is 3.81. The van der Waals surface area contributed by atoms with Crippen molar-refractivity contribution in [3.8, 4) is 5.75 Å². The quantitative estimate of drug-likeness (QED) is 0.860. The standard InChI is InChI=1S/C15H15ClN2O3/c1-20-14-6-4-11(16)7-13(14)18-9-12-5-3-10(8-17-12)15(19)21-2/h3-8,18H,9H2,1-2H3. The van der Waals surface area contributed by atoms with E-state index in [0.717, 1.165) is 11.4 Å². The number of hydrogen-bond donors (Lipinski definition) is 1. The first kappa shape index (κ1) is 15.1. The Balaban J connectivity index is 2.06. The zero-order valence-electron chi connectivity index (χ0n) is 11.7. The van der Waals surface area contributed by atoms with Crippen molar-refractivity contribution in [2.45, 2.75) is 6.54 Å². The number of carbonyl (C=O) groups excluding carboxylic acids is 1. The van der Waals surface area contributed by atoms with Gasteiger partial charge in [-0.25, -0.2) is 4.79 Å². The monoisotopic (exact) mass is 306 g/mol. The molecule has 0 saturated carbocycles. The Morgan fingerprint density at radius 3 is 2.71 bits per heavy atom. The number of benzene rings is 1. The van der Waals surface area contributed by atoms with E-state index >= 15 is 0 Å². The highest BCUT2D eigenvalue weighted by atomic mass is 35.5.